The van der Waals surface area contributed by atoms with Gasteiger partial charge in [-0.25, -0.2) is 27.5 Å². The molecule has 140 valence electrons. The van der Waals surface area contributed by atoms with Gasteiger partial charge in [0.05, 0.1) is 5.41 Å². The van der Waals surface area contributed by atoms with Gasteiger partial charge in [-0.15, -0.1) is 0 Å². The summed E-state index contributed by atoms with van der Waals surface area (Å²) in [5.41, 5.74) is 0.910. The van der Waals surface area contributed by atoms with Crippen molar-refractivity contribution in [2.45, 2.75) is 42.9 Å². The molecule has 2 bridgehead atoms. The van der Waals surface area contributed by atoms with E-state index in [9.17, 15) is 18.7 Å². The summed E-state index contributed by atoms with van der Waals surface area (Å²) < 4.78 is 61.1. The summed E-state index contributed by atoms with van der Waals surface area (Å²) in [6, 6.07) is 0. The van der Waals surface area contributed by atoms with E-state index in [2.05, 4.69) is 25.9 Å². The standard InChI is InChI=1S/C15H13BrF4N4O2/c16-8-7-9(21)22-3-4-24(7)10(23-8)12-1-2-13(11(25)26,6-14(12,17)18)15(19,20)5-12/h3-4H,1-2,5-6H2,(H2,21,22)(H,25,26). The molecule has 3 N–H and O–H groups in total. The van der Waals surface area contributed by atoms with Crippen LogP contribution in [0.3, 0.4) is 0 Å². The molecule has 0 radical (unpaired) electrons. The van der Waals surface area contributed by atoms with Crippen molar-refractivity contribution in [1.82, 2.24) is 14.4 Å². The molecule has 2 heterocycles. The number of nitrogens with two attached hydrogens (primary N) is 1. The van der Waals surface area contributed by atoms with Gasteiger partial charge in [-0.3, -0.25) is 9.20 Å². The zero-order valence-corrected chi connectivity index (χ0v) is 14.7. The first kappa shape index (κ1) is 17.5. The van der Waals surface area contributed by atoms with Crippen molar-refractivity contribution in [3.05, 3.63) is 22.8 Å². The number of nitrogens with zero attached hydrogens (tertiary/aromatic N) is 3. The second kappa shape index (κ2) is 4.87. The Morgan fingerprint density at radius 1 is 1.23 bits per heavy atom. The van der Waals surface area contributed by atoms with Crippen LogP contribution in [0.4, 0.5) is 23.4 Å². The lowest BCUT2D eigenvalue weighted by Crippen LogP contribution is -2.69. The van der Waals surface area contributed by atoms with E-state index in [-0.39, 0.29) is 21.8 Å². The van der Waals surface area contributed by atoms with Crippen LogP contribution < -0.4 is 5.73 Å². The number of carboxylic acids is 1. The second-order valence-electron chi connectivity index (χ2n) is 6.99. The molecule has 26 heavy (non-hydrogen) atoms. The fourth-order valence-corrected chi connectivity index (χ4v) is 4.94. The Kier molecular flexibility index (Phi) is 3.28. The number of hydrogen-bond donors (Lipinski definition) is 2. The number of nitrogen functional groups attached to an aromatic ring is 1. The van der Waals surface area contributed by atoms with Crippen molar-refractivity contribution in [2.24, 2.45) is 5.41 Å². The first-order chi connectivity index (χ1) is 12.0. The monoisotopic (exact) mass is 436 g/mol. The van der Waals surface area contributed by atoms with Crippen LogP contribution >= 0.6 is 15.9 Å². The summed E-state index contributed by atoms with van der Waals surface area (Å²) >= 11 is 3.12. The lowest BCUT2D eigenvalue weighted by atomic mass is 9.49. The van der Waals surface area contributed by atoms with Crippen LogP contribution in [-0.4, -0.2) is 37.3 Å². The summed E-state index contributed by atoms with van der Waals surface area (Å²) in [5, 5.41) is 9.28. The highest BCUT2D eigenvalue weighted by molar-refractivity contribution is 9.10. The summed E-state index contributed by atoms with van der Waals surface area (Å²) in [6.45, 7) is 0. The van der Waals surface area contributed by atoms with Gasteiger partial charge in [-0.1, -0.05) is 0 Å². The highest BCUT2D eigenvalue weighted by atomic mass is 79.9. The number of halogens is 5. The number of carbonyl (C=O) groups is 1. The molecule has 0 amide bonds. The van der Waals surface area contributed by atoms with Crippen molar-refractivity contribution in [1.29, 1.82) is 0 Å². The molecule has 0 aliphatic heterocycles. The quantitative estimate of drug-likeness (QED) is 0.704. The summed E-state index contributed by atoms with van der Waals surface area (Å²) in [5.74, 6) is -9.62. The number of imidazole rings is 1. The molecule has 0 aromatic carbocycles. The maximum absolute atomic E-state index is 15.1. The van der Waals surface area contributed by atoms with E-state index >= 15 is 8.78 Å². The Hall–Kier alpha value is -1.91. The molecule has 2 atom stereocenters. The van der Waals surface area contributed by atoms with Gasteiger partial charge in [0, 0.05) is 25.2 Å². The first-order valence-corrected chi connectivity index (χ1v) is 8.54. The zero-order valence-electron chi connectivity index (χ0n) is 13.1. The SMILES string of the molecule is Nc1nccn2c(C34CCC(C(=O)O)(CC3(F)F)C(F)(F)C4)nc(Br)c12. The minimum atomic E-state index is -3.80. The average Bonchev–Trinajstić information content (AvgIpc) is 2.86. The van der Waals surface area contributed by atoms with Crippen LogP contribution in [-0.2, 0) is 10.2 Å². The molecular weight excluding hydrogens is 424 g/mol. The third kappa shape index (κ3) is 1.84. The van der Waals surface area contributed by atoms with E-state index in [0.717, 1.165) is 0 Å². The number of alkyl halides is 4. The van der Waals surface area contributed by atoms with E-state index < -0.39 is 54.3 Å². The smallest absolute Gasteiger partial charge is 0.316 e. The lowest BCUT2D eigenvalue weighted by Gasteiger charge is -2.57. The van der Waals surface area contributed by atoms with Gasteiger partial charge in [0.15, 0.2) is 5.82 Å². The topological polar surface area (TPSA) is 93.5 Å². The predicted octanol–water partition coefficient (Wildman–Crippen LogP) is 3.24. The van der Waals surface area contributed by atoms with E-state index in [0.29, 0.717) is 0 Å². The van der Waals surface area contributed by atoms with Crippen LogP contribution in [0.15, 0.2) is 17.0 Å². The van der Waals surface area contributed by atoms with Crippen LogP contribution in [0, 0.1) is 5.41 Å². The molecule has 6 nitrogen and oxygen atoms in total. The third-order valence-electron chi connectivity index (χ3n) is 5.80. The summed E-state index contributed by atoms with van der Waals surface area (Å²) in [4.78, 5) is 19.4. The Labute approximate surface area is 152 Å². The number of aliphatic carboxylic acids is 1. The molecule has 3 fully saturated rings. The number of hydrogen-bond acceptors (Lipinski definition) is 4. The number of aromatic nitrogens is 3. The zero-order chi connectivity index (χ0) is 19.1. The fourth-order valence-electron chi connectivity index (χ4n) is 4.38. The molecule has 3 aliphatic rings. The molecule has 2 aromatic heterocycles. The number of anilines is 1. The van der Waals surface area contributed by atoms with E-state index in [1.165, 1.54) is 16.8 Å². The van der Waals surface area contributed by atoms with Crippen molar-refractivity contribution in [3.8, 4) is 0 Å². The van der Waals surface area contributed by atoms with Crippen molar-refractivity contribution >= 4 is 33.2 Å². The van der Waals surface area contributed by atoms with Crippen LogP contribution in [0.5, 0.6) is 0 Å². The van der Waals surface area contributed by atoms with Crippen LogP contribution in [0.2, 0.25) is 0 Å². The van der Waals surface area contributed by atoms with Gasteiger partial charge in [0.1, 0.15) is 21.4 Å². The third-order valence-corrected chi connectivity index (χ3v) is 6.36. The molecule has 11 heteroatoms. The van der Waals surface area contributed by atoms with Crippen LogP contribution in [0.1, 0.15) is 31.5 Å². The first-order valence-electron chi connectivity index (χ1n) is 7.75. The molecule has 2 aromatic rings. The summed E-state index contributed by atoms with van der Waals surface area (Å²) in [6.07, 6.45) is -1.12. The lowest BCUT2D eigenvalue weighted by molar-refractivity contribution is -0.282. The highest BCUT2D eigenvalue weighted by Gasteiger charge is 2.79. The molecular formula is C15H13BrF4N4O2. The second-order valence-corrected chi connectivity index (χ2v) is 7.74. The Bertz CT molecular complexity index is 949. The van der Waals surface area contributed by atoms with Gasteiger partial charge in [0.2, 0.25) is 0 Å². The van der Waals surface area contributed by atoms with Gasteiger partial charge in [0.25, 0.3) is 11.8 Å². The molecule has 3 aliphatic carbocycles. The van der Waals surface area contributed by atoms with E-state index in [1.807, 2.05) is 0 Å². The molecule has 5 rings (SSSR count). The van der Waals surface area contributed by atoms with Crippen molar-refractivity contribution in [2.75, 3.05) is 5.73 Å². The Morgan fingerprint density at radius 2 is 1.92 bits per heavy atom. The van der Waals surface area contributed by atoms with Crippen molar-refractivity contribution in [3.63, 3.8) is 0 Å². The maximum Gasteiger partial charge on any atom is 0.316 e. The van der Waals surface area contributed by atoms with Gasteiger partial charge >= 0.3 is 5.97 Å². The molecule has 2 unspecified atom stereocenters. The highest BCUT2D eigenvalue weighted by Crippen LogP contribution is 2.69. The largest absolute Gasteiger partial charge is 0.481 e. The Balaban J connectivity index is 1.98. The molecule has 0 saturated heterocycles. The fraction of sp³-hybridized carbons (Fsp3) is 0.533. The Morgan fingerprint density at radius 3 is 2.50 bits per heavy atom. The number of fused-ring (bicyclic) bond motifs is 4. The van der Waals surface area contributed by atoms with E-state index in [4.69, 9.17) is 5.73 Å². The molecule has 3 saturated carbocycles. The van der Waals surface area contributed by atoms with E-state index in [1.54, 1.807) is 0 Å². The number of rotatable bonds is 2. The van der Waals surface area contributed by atoms with Crippen LogP contribution in [0.25, 0.3) is 5.52 Å². The number of carboxylic acid groups (broad SMARTS) is 1. The molecule has 0 spiro atoms. The summed E-state index contributed by atoms with van der Waals surface area (Å²) in [7, 11) is 0. The normalized spacial score (nSPS) is 32.0. The van der Waals surface area contributed by atoms with Gasteiger partial charge in [-0.05, 0) is 28.8 Å². The predicted molar refractivity (Wildman–Crippen MR) is 85.2 cm³/mol. The maximum atomic E-state index is 15.1. The van der Waals surface area contributed by atoms with Gasteiger partial charge < -0.3 is 10.8 Å². The minimum Gasteiger partial charge on any atom is -0.481 e. The van der Waals surface area contributed by atoms with Gasteiger partial charge in [-0.2, -0.15) is 0 Å². The average molecular weight is 437 g/mol. The minimum absolute atomic E-state index is 0.0103. The van der Waals surface area contributed by atoms with Crippen molar-refractivity contribution < 1.29 is 27.5 Å².